The third kappa shape index (κ3) is 4.61. The Kier molecular flexibility index (Phi) is 3.20. The maximum Gasteiger partial charge on any atom is 0.338 e. The molecule has 0 spiro atoms. The fourth-order valence-electron chi connectivity index (χ4n) is 0.286. The number of aliphatic hydroxyl groups is 1. The van der Waals surface area contributed by atoms with Gasteiger partial charge in [-0.3, -0.25) is 0 Å². The molecule has 50 valence electrons. The molecule has 0 aromatic heterocycles. The smallest absolute Gasteiger partial charge is 0.338 e. The molecule has 0 bridgehead atoms. The predicted molar refractivity (Wildman–Crippen MR) is 32.7 cm³/mol. The van der Waals surface area contributed by atoms with Crippen LogP contribution in [0.2, 0.25) is 0 Å². The van der Waals surface area contributed by atoms with E-state index in [4.69, 9.17) is 5.11 Å². The molecule has 0 amide bonds. The van der Waals surface area contributed by atoms with E-state index >= 15 is 0 Å². The van der Waals surface area contributed by atoms with Crippen LogP contribution < -0.4 is 0 Å². The molecule has 0 saturated carbocycles. The molecule has 0 aliphatic heterocycles. The van der Waals surface area contributed by atoms with Gasteiger partial charge in [0.2, 0.25) is 0 Å². The Labute approximate surface area is 53.3 Å². The Morgan fingerprint density at radius 2 is 2.33 bits per heavy atom. The van der Waals surface area contributed by atoms with Crippen LogP contribution in [0.25, 0.3) is 0 Å². The van der Waals surface area contributed by atoms with E-state index in [1.165, 1.54) is 12.2 Å². The van der Waals surface area contributed by atoms with Crippen molar-refractivity contribution in [1.82, 2.24) is 0 Å². The number of hydrogen-bond acceptors (Lipinski definition) is 3. The van der Waals surface area contributed by atoms with Gasteiger partial charge in [-0.05, 0) is 13.5 Å². The molecule has 0 aromatic carbocycles. The van der Waals surface area contributed by atoms with E-state index in [0.717, 1.165) is 0 Å². The van der Waals surface area contributed by atoms with Gasteiger partial charge in [-0.15, -0.1) is 0 Å². The number of esters is 1. The predicted octanol–water partition coefficient (Wildman–Crippen LogP) is 1.13. The van der Waals surface area contributed by atoms with Crippen LogP contribution in [0.5, 0.6) is 0 Å². The van der Waals surface area contributed by atoms with Gasteiger partial charge < -0.3 is 9.84 Å². The van der Waals surface area contributed by atoms with Gasteiger partial charge in [-0.2, -0.15) is 0 Å². The molecule has 1 N–H and O–H groups in total. The molecule has 3 heteroatoms. The van der Waals surface area contributed by atoms with Crippen molar-refractivity contribution in [2.75, 3.05) is 0 Å². The average Bonchev–Trinajstić information content (AvgIpc) is 1.63. The topological polar surface area (TPSA) is 46.5 Å². The lowest BCUT2D eigenvalue weighted by molar-refractivity contribution is -0.137. The minimum atomic E-state index is -0.620. The number of allylic oxidation sites excluding steroid dienone is 1. The van der Waals surface area contributed by atoms with Crippen LogP contribution in [-0.4, -0.2) is 11.1 Å². The number of rotatable bonds is 2. The standard InChI is InChI=1S/C6H8O3/c1-3-4-6(8)9-5(2)7/h3-4,7H,2H2,1H3/b4-3+. The van der Waals surface area contributed by atoms with E-state index in [9.17, 15) is 4.79 Å². The highest BCUT2D eigenvalue weighted by atomic mass is 16.6. The van der Waals surface area contributed by atoms with E-state index in [0.29, 0.717) is 0 Å². The Morgan fingerprint density at radius 3 is 2.67 bits per heavy atom. The molecule has 3 nitrogen and oxygen atoms in total. The van der Waals surface area contributed by atoms with Crippen molar-refractivity contribution in [2.24, 2.45) is 0 Å². The van der Waals surface area contributed by atoms with Crippen molar-refractivity contribution >= 4 is 5.97 Å². The number of aliphatic hydroxyl groups excluding tert-OH is 1. The van der Waals surface area contributed by atoms with Crippen LogP contribution in [0.15, 0.2) is 24.7 Å². The second-order valence-electron chi connectivity index (χ2n) is 1.31. The summed E-state index contributed by atoms with van der Waals surface area (Å²) in [6.07, 6.45) is 2.69. The second kappa shape index (κ2) is 3.72. The molecule has 0 rings (SSSR count). The monoisotopic (exact) mass is 128 g/mol. The van der Waals surface area contributed by atoms with Gasteiger partial charge in [0.05, 0.1) is 0 Å². The highest BCUT2D eigenvalue weighted by Gasteiger charge is 1.95. The lowest BCUT2D eigenvalue weighted by atomic mass is 10.5. The zero-order chi connectivity index (χ0) is 7.28. The average molecular weight is 128 g/mol. The third-order valence-electron chi connectivity index (χ3n) is 0.521. The van der Waals surface area contributed by atoms with Gasteiger partial charge >= 0.3 is 5.97 Å². The number of ether oxygens (including phenoxy) is 1. The van der Waals surface area contributed by atoms with Gasteiger partial charge in [0.25, 0.3) is 5.95 Å². The summed E-state index contributed by atoms with van der Waals surface area (Å²) in [4.78, 5) is 10.3. The summed E-state index contributed by atoms with van der Waals surface area (Å²) in [7, 11) is 0. The molecule has 0 aliphatic carbocycles. The van der Waals surface area contributed by atoms with Crippen LogP contribution in [0.4, 0.5) is 0 Å². The molecule has 0 unspecified atom stereocenters. The van der Waals surface area contributed by atoms with Crippen LogP contribution in [-0.2, 0) is 9.53 Å². The first-order valence-electron chi connectivity index (χ1n) is 2.39. The third-order valence-corrected chi connectivity index (χ3v) is 0.521. The number of hydrogen-bond donors (Lipinski definition) is 1. The summed E-state index contributed by atoms with van der Waals surface area (Å²) in [5, 5.41) is 8.28. The summed E-state index contributed by atoms with van der Waals surface area (Å²) in [6.45, 7) is 4.62. The lowest BCUT2D eigenvalue weighted by Crippen LogP contribution is -1.97. The van der Waals surface area contributed by atoms with E-state index in [1.54, 1.807) is 6.92 Å². The summed E-state index contributed by atoms with van der Waals surface area (Å²) in [5.74, 6) is -1.21. The minimum Gasteiger partial charge on any atom is -0.481 e. The Balaban J connectivity index is 3.64. The molecular formula is C6H8O3. The SMILES string of the molecule is C=C(O)OC(=O)/C=C/C. The first-order chi connectivity index (χ1) is 4.16. The van der Waals surface area contributed by atoms with E-state index in [1.807, 2.05) is 0 Å². The fourth-order valence-corrected chi connectivity index (χ4v) is 0.286. The van der Waals surface area contributed by atoms with Gasteiger partial charge in [-0.25, -0.2) is 4.79 Å². The molecular weight excluding hydrogens is 120 g/mol. The molecule has 0 radical (unpaired) electrons. The van der Waals surface area contributed by atoms with Crippen molar-refractivity contribution in [1.29, 1.82) is 0 Å². The number of carbonyl (C=O) groups excluding carboxylic acids is 1. The van der Waals surface area contributed by atoms with Crippen molar-refractivity contribution in [3.63, 3.8) is 0 Å². The summed E-state index contributed by atoms with van der Waals surface area (Å²) in [6, 6.07) is 0. The van der Waals surface area contributed by atoms with Crippen LogP contribution in [0.3, 0.4) is 0 Å². The molecule has 0 saturated heterocycles. The highest BCUT2D eigenvalue weighted by molar-refractivity contribution is 5.82. The van der Waals surface area contributed by atoms with Crippen molar-refractivity contribution < 1.29 is 14.6 Å². The van der Waals surface area contributed by atoms with Gasteiger partial charge in [0.15, 0.2) is 0 Å². The maximum atomic E-state index is 10.3. The molecule has 0 aromatic rings. The van der Waals surface area contributed by atoms with E-state index in [-0.39, 0.29) is 0 Å². The minimum absolute atomic E-state index is 0.585. The lowest BCUT2D eigenvalue weighted by Gasteiger charge is -1.93. The zero-order valence-corrected chi connectivity index (χ0v) is 5.13. The normalized spacial score (nSPS) is 9.44. The zero-order valence-electron chi connectivity index (χ0n) is 5.13. The van der Waals surface area contributed by atoms with E-state index < -0.39 is 11.9 Å². The van der Waals surface area contributed by atoms with Crippen molar-refractivity contribution in [3.05, 3.63) is 24.7 Å². The number of carbonyl (C=O) groups is 1. The molecule has 0 heterocycles. The first-order valence-corrected chi connectivity index (χ1v) is 2.39. The van der Waals surface area contributed by atoms with Gasteiger partial charge in [-0.1, -0.05) is 6.08 Å². The fraction of sp³-hybridized carbons (Fsp3) is 0.167. The van der Waals surface area contributed by atoms with Crippen LogP contribution >= 0.6 is 0 Å². The van der Waals surface area contributed by atoms with Gasteiger partial charge in [0.1, 0.15) is 0 Å². The summed E-state index contributed by atoms with van der Waals surface area (Å²) in [5.41, 5.74) is 0. The molecule has 0 fully saturated rings. The van der Waals surface area contributed by atoms with E-state index in [2.05, 4.69) is 11.3 Å². The first kappa shape index (κ1) is 7.75. The van der Waals surface area contributed by atoms with Crippen LogP contribution in [0.1, 0.15) is 6.92 Å². The Morgan fingerprint density at radius 1 is 1.78 bits per heavy atom. The Hall–Kier alpha value is -1.25. The van der Waals surface area contributed by atoms with Crippen molar-refractivity contribution in [2.45, 2.75) is 6.92 Å². The molecule has 9 heavy (non-hydrogen) atoms. The molecule has 0 atom stereocenters. The largest absolute Gasteiger partial charge is 0.481 e. The van der Waals surface area contributed by atoms with Crippen molar-refractivity contribution in [3.8, 4) is 0 Å². The molecule has 0 aliphatic rings. The maximum absolute atomic E-state index is 10.3. The Bertz CT molecular complexity index is 146. The van der Waals surface area contributed by atoms with Gasteiger partial charge in [0, 0.05) is 6.08 Å². The second-order valence-corrected chi connectivity index (χ2v) is 1.31. The quantitative estimate of drug-likeness (QED) is 0.344. The highest BCUT2D eigenvalue weighted by Crippen LogP contribution is 1.87. The van der Waals surface area contributed by atoms with Crippen LogP contribution in [0, 0.1) is 0 Å². The summed E-state index contributed by atoms with van der Waals surface area (Å²) >= 11 is 0. The summed E-state index contributed by atoms with van der Waals surface area (Å²) < 4.78 is 4.13.